The van der Waals surface area contributed by atoms with Crippen LogP contribution in [0, 0.1) is 0 Å². The van der Waals surface area contributed by atoms with Crippen LogP contribution < -0.4 is 5.73 Å². The van der Waals surface area contributed by atoms with Crippen LogP contribution >= 0.6 is 0 Å². The van der Waals surface area contributed by atoms with Crippen molar-refractivity contribution in [2.45, 2.75) is 12.8 Å². The van der Waals surface area contributed by atoms with Gasteiger partial charge in [-0.15, -0.1) is 0 Å². The number of carbonyl (C=O) groups excluding carboxylic acids is 2. The van der Waals surface area contributed by atoms with Gasteiger partial charge in [0.05, 0.1) is 6.54 Å². The third-order valence-corrected chi connectivity index (χ3v) is 1.23. The number of hydroxylamine groups is 2. The molecule has 0 aliphatic carbocycles. The summed E-state index contributed by atoms with van der Waals surface area (Å²) in [4.78, 5) is 25.2. The van der Waals surface area contributed by atoms with Gasteiger partial charge in [-0.3, -0.25) is 4.79 Å². The van der Waals surface area contributed by atoms with E-state index in [4.69, 9.17) is 0 Å². The molecule has 5 nitrogen and oxygen atoms in total. The molecule has 0 atom stereocenters. The van der Waals surface area contributed by atoms with Crippen LogP contribution in [0.15, 0.2) is 0 Å². The third-order valence-electron chi connectivity index (χ3n) is 1.23. The molecule has 0 radical (unpaired) electrons. The van der Waals surface area contributed by atoms with Crippen molar-refractivity contribution in [1.29, 1.82) is 0 Å². The van der Waals surface area contributed by atoms with Crippen molar-refractivity contribution in [2.75, 3.05) is 6.54 Å². The Morgan fingerprint density at radius 2 is 2.40 bits per heavy atom. The highest BCUT2D eigenvalue weighted by Gasteiger charge is 2.22. The molecule has 0 aromatic heterocycles. The Kier molecular flexibility index (Phi) is 1.75. The van der Waals surface area contributed by atoms with Gasteiger partial charge < -0.3 is 10.6 Å². The molecule has 0 unspecified atom stereocenters. The van der Waals surface area contributed by atoms with Crippen molar-refractivity contribution in [3.63, 3.8) is 0 Å². The third kappa shape index (κ3) is 1.37. The van der Waals surface area contributed by atoms with E-state index in [-0.39, 0.29) is 5.91 Å². The smallest absolute Gasteiger partial charge is 0.333 e. The Balaban J connectivity index is 2.40. The molecule has 10 heavy (non-hydrogen) atoms. The Bertz CT molecular complexity index is 168. The largest absolute Gasteiger partial charge is 0.429 e. The quantitative estimate of drug-likeness (QED) is 0.545. The fraction of sp³-hybridized carbons (Fsp3) is 0.600. The first kappa shape index (κ1) is 6.85. The average Bonchev–Trinajstić information content (AvgIpc) is 2.15. The van der Waals surface area contributed by atoms with Crippen LogP contribution in [0.3, 0.4) is 0 Å². The zero-order valence-corrected chi connectivity index (χ0v) is 5.37. The first-order chi connectivity index (χ1) is 4.70. The molecule has 0 aromatic carbocycles. The molecule has 1 fully saturated rings. The maximum absolute atomic E-state index is 10.7. The van der Waals surface area contributed by atoms with Gasteiger partial charge in [0.2, 0.25) is 0 Å². The van der Waals surface area contributed by atoms with Crippen LogP contribution in [-0.2, 0) is 9.63 Å². The minimum absolute atomic E-state index is 0.182. The van der Waals surface area contributed by atoms with Crippen LogP contribution in [0.5, 0.6) is 0 Å². The standard InChI is InChI=1S/C5H8N2O3/c6-5(9)10-7-3-1-2-4(7)8/h1-3H2,(H2,6,9). The van der Waals surface area contributed by atoms with Gasteiger partial charge in [-0.25, -0.2) is 4.79 Å². The maximum Gasteiger partial charge on any atom is 0.429 e. The lowest BCUT2D eigenvalue weighted by Crippen LogP contribution is -2.30. The lowest BCUT2D eigenvalue weighted by Gasteiger charge is -2.11. The number of hydrogen-bond acceptors (Lipinski definition) is 3. The summed E-state index contributed by atoms with van der Waals surface area (Å²) < 4.78 is 0. The molecule has 0 bridgehead atoms. The monoisotopic (exact) mass is 144 g/mol. The van der Waals surface area contributed by atoms with E-state index in [1.54, 1.807) is 0 Å². The van der Waals surface area contributed by atoms with Gasteiger partial charge >= 0.3 is 6.09 Å². The van der Waals surface area contributed by atoms with E-state index in [2.05, 4.69) is 10.6 Å². The van der Waals surface area contributed by atoms with E-state index in [9.17, 15) is 9.59 Å². The highest BCUT2D eigenvalue weighted by atomic mass is 16.7. The van der Waals surface area contributed by atoms with Gasteiger partial charge in [0.15, 0.2) is 0 Å². The van der Waals surface area contributed by atoms with Gasteiger partial charge in [-0.05, 0) is 6.42 Å². The molecule has 1 saturated heterocycles. The Morgan fingerprint density at radius 3 is 2.80 bits per heavy atom. The van der Waals surface area contributed by atoms with Crippen molar-refractivity contribution in [2.24, 2.45) is 5.73 Å². The molecule has 0 aromatic rings. The van der Waals surface area contributed by atoms with Gasteiger partial charge in [-0.1, -0.05) is 0 Å². The highest BCUT2D eigenvalue weighted by molar-refractivity contribution is 5.78. The van der Waals surface area contributed by atoms with Crippen LogP contribution in [-0.4, -0.2) is 23.6 Å². The predicted molar refractivity (Wildman–Crippen MR) is 31.6 cm³/mol. The first-order valence-electron chi connectivity index (χ1n) is 2.98. The van der Waals surface area contributed by atoms with E-state index < -0.39 is 6.09 Å². The number of hydrogen-bond donors (Lipinski definition) is 1. The highest BCUT2D eigenvalue weighted by Crippen LogP contribution is 2.08. The molecule has 1 aliphatic heterocycles. The van der Waals surface area contributed by atoms with Gasteiger partial charge in [0, 0.05) is 6.42 Å². The normalized spacial score (nSPS) is 17.6. The van der Waals surface area contributed by atoms with Crippen molar-refractivity contribution in [3.8, 4) is 0 Å². The van der Waals surface area contributed by atoms with Gasteiger partial charge in [-0.2, -0.15) is 5.06 Å². The number of carbonyl (C=O) groups is 2. The first-order valence-corrected chi connectivity index (χ1v) is 2.98. The summed E-state index contributed by atoms with van der Waals surface area (Å²) in [6, 6.07) is 0. The van der Waals surface area contributed by atoms with Crippen LogP contribution in [0.1, 0.15) is 12.8 Å². The molecule has 1 aliphatic rings. The predicted octanol–water partition coefficient (Wildman–Crippen LogP) is -0.381. The topological polar surface area (TPSA) is 72.6 Å². The molecule has 2 amide bonds. The van der Waals surface area contributed by atoms with Crippen LogP contribution in [0.4, 0.5) is 4.79 Å². The summed E-state index contributed by atoms with van der Waals surface area (Å²) in [5.41, 5.74) is 4.68. The maximum atomic E-state index is 10.7. The number of nitrogens with zero attached hydrogens (tertiary/aromatic N) is 1. The molecule has 0 saturated carbocycles. The summed E-state index contributed by atoms with van der Waals surface area (Å²) in [7, 11) is 0. The van der Waals surface area contributed by atoms with Crippen molar-refractivity contribution in [3.05, 3.63) is 0 Å². The van der Waals surface area contributed by atoms with E-state index in [0.717, 1.165) is 11.5 Å². The van der Waals surface area contributed by atoms with Crippen LogP contribution in [0.25, 0.3) is 0 Å². The molecule has 1 heterocycles. The zero-order chi connectivity index (χ0) is 7.56. The minimum atomic E-state index is -0.935. The van der Waals surface area contributed by atoms with Crippen molar-refractivity contribution < 1.29 is 14.4 Å². The molecule has 1 rings (SSSR count). The van der Waals surface area contributed by atoms with E-state index in [0.29, 0.717) is 13.0 Å². The summed E-state index contributed by atoms with van der Waals surface area (Å²) in [6.07, 6.45) is 0.231. The number of nitrogens with two attached hydrogens (primary N) is 1. The second-order valence-electron chi connectivity index (χ2n) is 2.01. The fourth-order valence-electron chi connectivity index (χ4n) is 0.828. The zero-order valence-electron chi connectivity index (χ0n) is 5.37. The lowest BCUT2D eigenvalue weighted by molar-refractivity contribution is -0.157. The molecular formula is C5H8N2O3. The van der Waals surface area contributed by atoms with Gasteiger partial charge in [0.25, 0.3) is 5.91 Å². The number of amides is 2. The van der Waals surface area contributed by atoms with E-state index in [1.807, 2.05) is 0 Å². The van der Waals surface area contributed by atoms with E-state index >= 15 is 0 Å². The molecular weight excluding hydrogens is 136 g/mol. The van der Waals surface area contributed by atoms with Crippen molar-refractivity contribution in [1.82, 2.24) is 5.06 Å². The SMILES string of the molecule is NC(=O)ON1CCCC1=O. The molecule has 56 valence electrons. The lowest BCUT2D eigenvalue weighted by atomic mass is 10.4. The Morgan fingerprint density at radius 1 is 1.70 bits per heavy atom. The number of rotatable bonds is 1. The number of primary amides is 1. The Hall–Kier alpha value is -1.26. The second-order valence-corrected chi connectivity index (χ2v) is 2.01. The van der Waals surface area contributed by atoms with Gasteiger partial charge in [0.1, 0.15) is 0 Å². The van der Waals surface area contributed by atoms with Crippen molar-refractivity contribution >= 4 is 12.0 Å². The minimum Gasteiger partial charge on any atom is -0.333 e. The molecule has 2 N–H and O–H groups in total. The molecule has 5 heteroatoms. The Labute approximate surface area is 57.7 Å². The summed E-state index contributed by atoms with van der Waals surface area (Å²) in [6.45, 7) is 0.460. The van der Waals surface area contributed by atoms with E-state index in [1.165, 1.54) is 0 Å². The fourth-order valence-corrected chi connectivity index (χ4v) is 0.828. The second kappa shape index (κ2) is 2.55. The summed E-state index contributed by atoms with van der Waals surface area (Å²) in [5, 5.41) is 0.988. The van der Waals surface area contributed by atoms with Crippen LogP contribution in [0.2, 0.25) is 0 Å². The average molecular weight is 144 g/mol. The molecule has 0 spiro atoms. The summed E-state index contributed by atoms with van der Waals surface area (Å²) >= 11 is 0. The summed E-state index contributed by atoms with van der Waals surface area (Å²) in [5.74, 6) is -0.182.